The molecule has 1 aromatic carbocycles. The molecule has 6 nitrogen and oxygen atoms in total. The largest absolute Gasteiger partial charge is 0.496 e. The molecule has 0 saturated heterocycles. The molecule has 2 aromatic rings. The predicted molar refractivity (Wildman–Crippen MR) is 72.9 cm³/mol. The molecule has 1 aromatic heterocycles. The zero-order chi connectivity index (χ0) is 14.7. The second-order valence-electron chi connectivity index (χ2n) is 4.26. The van der Waals surface area contributed by atoms with Gasteiger partial charge in [0, 0.05) is 25.3 Å². The van der Waals surface area contributed by atoms with Gasteiger partial charge >= 0.3 is 5.97 Å². The van der Waals surface area contributed by atoms with Gasteiger partial charge in [-0.25, -0.2) is 4.79 Å². The molecule has 106 valence electrons. The van der Waals surface area contributed by atoms with Gasteiger partial charge in [0.05, 0.1) is 19.4 Å². The number of nitrogens with zero attached hydrogens (tertiary/aromatic N) is 2. The summed E-state index contributed by atoms with van der Waals surface area (Å²) in [4.78, 5) is 11.0. The van der Waals surface area contributed by atoms with Crippen LogP contribution in [0.4, 0.5) is 0 Å². The van der Waals surface area contributed by atoms with Crippen LogP contribution in [0.5, 0.6) is 5.75 Å². The van der Waals surface area contributed by atoms with Gasteiger partial charge in [-0.1, -0.05) is 12.1 Å². The van der Waals surface area contributed by atoms with Crippen LogP contribution in [0.2, 0.25) is 0 Å². The summed E-state index contributed by atoms with van der Waals surface area (Å²) in [5.74, 6) is -0.356. The number of aromatic nitrogens is 2. The van der Waals surface area contributed by atoms with E-state index in [9.17, 15) is 4.79 Å². The monoisotopic (exact) mass is 276 g/mol. The smallest absolute Gasteiger partial charge is 0.356 e. The van der Waals surface area contributed by atoms with Crippen LogP contribution in [-0.4, -0.2) is 35.1 Å². The number of carbonyl (C=O) groups is 1. The van der Waals surface area contributed by atoms with Gasteiger partial charge in [0.15, 0.2) is 5.69 Å². The molecule has 0 fully saturated rings. The van der Waals surface area contributed by atoms with E-state index in [2.05, 4.69) is 5.10 Å². The summed E-state index contributed by atoms with van der Waals surface area (Å²) in [7, 11) is 4.89. The van der Waals surface area contributed by atoms with Crippen LogP contribution >= 0.6 is 0 Å². The lowest BCUT2D eigenvalue weighted by Crippen LogP contribution is -2.01. The van der Waals surface area contributed by atoms with Crippen LogP contribution < -0.4 is 4.74 Å². The van der Waals surface area contributed by atoms with Crippen molar-refractivity contribution in [2.75, 3.05) is 14.2 Å². The van der Waals surface area contributed by atoms with Crippen LogP contribution in [0.1, 0.15) is 16.1 Å². The number of hydrogen-bond acceptors (Lipinski definition) is 4. The Kier molecular flexibility index (Phi) is 4.05. The minimum Gasteiger partial charge on any atom is -0.496 e. The normalized spacial score (nSPS) is 10.6. The van der Waals surface area contributed by atoms with Crippen molar-refractivity contribution in [1.82, 2.24) is 9.78 Å². The Bertz CT molecular complexity index is 634. The van der Waals surface area contributed by atoms with Crippen molar-refractivity contribution in [2.24, 2.45) is 7.05 Å². The van der Waals surface area contributed by atoms with E-state index in [0.29, 0.717) is 18.1 Å². The zero-order valence-corrected chi connectivity index (χ0v) is 11.6. The van der Waals surface area contributed by atoms with E-state index in [4.69, 9.17) is 14.6 Å². The molecule has 0 bridgehead atoms. The van der Waals surface area contributed by atoms with Crippen molar-refractivity contribution in [1.29, 1.82) is 0 Å². The Hall–Kier alpha value is -2.34. The quantitative estimate of drug-likeness (QED) is 0.903. The second-order valence-corrected chi connectivity index (χ2v) is 4.26. The molecule has 1 heterocycles. The molecule has 0 spiro atoms. The van der Waals surface area contributed by atoms with Crippen LogP contribution in [0.25, 0.3) is 11.3 Å². The van der Waals surface area contributed by atoms with Crippen molar-refractivity contribution >= 4 is 5.97 Å². The lowest BCUT2D eigenvalue weighted by molar-refractivity contribution is 0.0689. The number of ether oxygens (including phenoxy) is 2. The molecule has 0 radical (unpaired) electrons. The highest BCUT2D eigenvalue weighted by Crippen LogP contribution is 2.31. The maximum Gasteiger partial charge on any atom is 0.356 e. The first-order valence-corrected chi connectivity index (χ1v) is 6.01. The Labute approximate surface area is 116 Å². The molecule has 2 rings (SSSR count). The molecular weight excluding hydrogens is 260 g/mol. The van der Waals surface area contributed by atoms with Crippen molar-refractivity contribution in [3.05, 3.63) is 35.5 Å². The maximum atomic E-state index is 11.0. The van der Waals surface area contributed by atoms with Gasteiger partial charge < -0.3 is 14.6 Å². The number of benzene rings is 1. The first-order chi connectivity index (χ1) is 9.58. The average Bonchev–Trinajstić information content (AvgIpc) is 2.81. The van der Waals surface area contributed by atoms with Gasteiger partial charge in [-0.05, 0) is 12.1 Å². The van der Waals surface area contributed by atoms with Crippen molar-refractivity contribution < 1.29 is 19.4 Å². The van der Waals surface area contributed by atoms with Gasteiger partial charge in [0.1, 0.15) is 5.75 Å². The van der Waals surface area contributed by atoms with Crippen molar-refractivity contribution in [3.8, 4) is 17.0 Å². The first-order valence-electron chi connectivity index (χ1n) is 6.01. The maximum absolute atomic E-state index is 11.0. The van der Waals surface area contributed by atoms with E-state index >= 15 is 0 Å². The summed E-state index contributed by atoms with van der Waals surface area (Å²) in [5, 5.41) is 13.0. The van der Waals surface area contributed by atoms with Gasteiger partial charge in [-0.2, -0.15) is 5.10 Å². The van der Waals surface area contributed by atoms with Gasteiger partial charge in [0.25, 0.3) is 0 Å². The van der Waals surface area contributed by atoms with Crippen LogP contribution in [-0.2, 0) is 18.4 Å². The van der Waals surface area contributed by atoms with Gasteiger partial charge in [-0.15, -0.1) is 0 Å². The Morgan fingerprint density at radius 2 is 2.15 bits per heavy atom. The summed E-state index contributed by atoms with van der Waals surface area (Å²) in [6.45, 7) is 0.368. The molecule has 0 unspecified atom stereocenters. The number of methoxy groups -OCH3 is 2. The minimum atomic E-state index is -1.05. The van der Waals surface area contributed by atoms with E-state index in [1.54, 1.807) is 21.3 Å². The molecule has 0 aliphatic carbocycles. The van der Waals surface area contributed by atoms with Gasteiger partial charge in [-0.3, -0.25) is 4.68 Å². The molecule has 0 atom stereocenters. The van der Waals surface area contributed by atoms with Crippen molar-refractivity contribution in [3.63, 3.8) is 0 Å². The second kappa shape index (κ2) is 5.75. The fourth-order valence-corrected chi connectivity index (χ4v) is 2.11. The molecule has 0 saturated carbocycles. The molecule has 1 N–H and O–H groups in total. The number of hydrogen-bond donors (Lipinski definition) is 1. The van der Waals surface area contributed by atoms with E-state index < -0.39 is 5.97 Å². The van der Waals surface area contributed by atoms with E-state index in [1.165, 1.54) is 10.7 Å². The Morgan fingerprint density at radius 1 is 1.40 bits per heavy atom. The van der Waals surface area contributed by atoms with E-state index in [-0.39, 0.29) is 5.69 Å². The molecule has 6 heteroatoms. The van der Waals surface area contributed by atoms with E-state index in [1.807, 2.05) is 18.2 Å². The third kappa shape index (κ3) is 2.50. The third-order valence-electron chi connectivity index (χ3n) is 3.02. The Morgan fingerprint density at radius 3 is 2.70 bits per heavy atom. The standard InChI is InChI=1S/C14H16N2O4/c1-16-12(7-11(15-16)14(17)18)9-5-4-6-13(20-3)10(9)8-19-2/h4-7H,8H2,1-3H3,(H,17,18). The summed E-state index contributed by atoms with van der Waals surface area (Å²) in [6, 6.07) is 7.11. The van der Waals surface area contributed by atoms with Crippen LogP contribution in [0, 0.1) is 0 Å². The average molecular weight is 276 g/mol. The van der Waals surface area contributed by atoms with Crippen LogP contribution in [0.15, 0.2) is 24.3 Å². The topological polar surface area (TPSA) is 73.6 Å². The highest BCUT2D eigenvalue weighted by atomic mass is 16.5. The SMILES string of the molecule is COCc1c(OC)cccc1-c1cc(C(=O)O)nn1C. The first kappa shape index (κ1) is 14.1. The predicted octanol–water partition coefficient (Wildman–Crippen LogP) is 1.94. The number of carboxylic acid groups (broad SMARTS) is 1. The molecule has 0 aliphatic rings. The zero-order valence-electron chi connectivity index (χ0n) is 11.6. The minimum absolute atomic E-state index is 0.00804. The molecular formula is C14H16N2O4. The lowest BCUT2D eigenvalue weighted by Gasteiger charge is -2.13. The summed E-state index contributed by atoms with van der Waals surface area (Å²) >= 11 is 0. The lowest BCUT2D eigenvalue weighted by atomic mass is 10.0. The van der Waals surface area contributed by atoms with Crippen molar-refractivity contribution in [2.45, 2.75) is 6.61 Å². The molecule has 20 heavy (non-hydrogen) atoms. The third-order valence-corrected chi connectivity index (χ3v) is 3.02. The highest BCUT2D eigenvalue weighted by molar-refractivity contribution is 5.87. The number of aryl methyl sites for hydroxylation is 1. The van der Waals surface area contributed by atoms with Crippen LogP contribution in [0.3, 0.4) is 0 Å². The fraction of sp³-hybridized carbons (Fsp3) is 0.286. The van der Waals surface area contributed by atoms with E-state index in [0.717, 1.165) is 11.1 Å². The van der Waals surface area contributed by atoms with Gasteiger partial charge in [0.2, 0.25) is 0 Å². The number of carboxylic acids is 1. The summed E-state index contributed by atoms with van der Waals surface area (Å²) in [5.41, 5.74) is 2.41. The summed E-state index contributed by atoms with van der Waals surface area (Å²) < 4.78 is 12.1. The Balaban J connectivity index is 2.59. The number of aromatic carboxylic acids is 1. The summed E-state index contributed by atoms with van der Waals surface area (Å²) in [6.07, 6.45) is 0. The molecule has 0 amide bonds. The molecule has 0 aliphatic heterocycles. The number of rotatable bonds is 5. The highest BCUT2D eigenvalue weighted by Gasteiger charge is 2.17. The fourth-order valence-electron chi connectivity index (χ4n) is 2.11.